The number of carbonyl (C=O) groups is 2. The summed E-state index contributed by atoms with van der Waals surface area (Å²) in [5.41, 5.74) is 6.00. The average molecular weight is 918 g/mol. The molecule has 15 nitrogen and oxygen atoms in total. The van der Waals surface area contributed by atoms with Crippen LogP contribution in [0.25, 0.3) is 0 Å². The Morgan fingerprint density at radius 1 is 0.569 bits per heavy atom. The summed E-state index contributed by atoms with van der Waals surface area (Å²) in [4.78, 5) is 25.4. The van der Waals surface area contributed by atoms with Gasteiger partial charge in [-0.25, -0.2) is 0 Å². The molecule has 1 saturated heterocycles. The Bertz CT molecular complexity index is 1640. The van der Waals surface area contributed by atoms with Crippen molar-refractivity contribution in [3.63, 3.8) is 0 Å². The number of carboxylic acid groups (broad SMARTS) is 1. The molecule has 0 aromatic rings. The van der Waals surface area contributed by atoms with Gasteiger partial charge in [0.15, 0.2) is 0 Å². The first-order chi connectivity index (χ1) is 30.7. The third-order valence-electron chi connectivity index (χ3n) is 13.7. The first-order valence-electron chi connectivity index (χ1n) is 23.3. The average Bonchev–Trinajstić information content (AvgIpc) is 3.24. The monoisotopic (exact) mass is 918 g/mol. The normalized spacial score (nSPS) is 45.6. The van der Waals surface area contributed by atoms with Gasteiger partial charge in [-0.15, -0.1) is 0 Å². The number of aliphatic hydroxyl groups is 9. The molecule has 20 atom stereocenters. The quantitative estimate of drug-likeness (QED) is 0.194. The summed E-state index contributed by atoms with van der Waals surface area (Å²) >= 11 is 0. The van der Waals surface area contributed by atoms with Crippen LogP contribution < -0.4 is 5.73 Å². The molecular weight excluding hydrogens is 839 g/mol. The molecule has 1 aliphatic carbocycles. The zero-order chi connectivity index (χ0) is 48.4. The van der Waals surface area contributed by atoms with Crippen LogP contribution in [0.5, 0.6) is 0 Å². The third-order valence-corrected chi connectivity index (χ3v) is 13.7. The summed E-state index contributed by atoms with van der Waals surface area (Å²) in [5, 5.41) is 108. The van der Waals surface area contributed by atoms with Gasteiger partial charge in [-0.3, -0.25) is 9.59 Å². The van der Waals surface area contributed by atoms with E-state index in [1.165, 1.54) is 0 Å². The smallest absolute Gasteiger partial charge is 0.311 e. The Hall–Kier alpha value is -3.16. The number of fused-ring (bicyclic) bond motifs is 2. The fourth-order valence-electron chi connectivity index (χ4n) is 8.96. The van der Waals surface area contributed by atoms with Gasteiger partial charge in [0.05, 0.1) is 79.3 Å². The predicted octanol–water partition coefficient (Wildman–Crippen LogP) is 2.96. The highest BCUT2D eigenvalue weighted by molar-refractivity contribution is 5.79. The largest absolute Gasteiger partial charge is 0.481 e. The molecule has 12 N–H and O–H groups in total. The van der Waals surface area contributed by atoms with Crippen LogP contribution in [-0.4, -0.2) is 148 Å². The molecule has 0 aromatic carbocycles. The molecule has 65 heavy (non-hydrogen) atoms. The van der Waals surface area contributed by atoms with E-state index in [1.807, 2.05) is 55.5 Å². The van der Waals surface area contributed by atoms with Gasteiger partial charge in [-0.1, -0.05) is 120 Å². The zero-order valence-electron chi connectivity index (χ0n) is 38.7. The number of allylic oxidation sites excluding steroid dienone is 13. The minimum atomic E-state index is -1.73. The molecule has 15 heteroatoms. The van der Waals surface area contributed by atoms with Gasteiger partial charge in [0.2, 0.25) is 0 Å². The second kappa shape index (κ2) is 28.2. The van der Waals surface area contributed by atoms with Gasteiger partial charge in [0, 0.05) is 44.4 Å². The Morgan fingerprint density at radius 3 is 1.72 bits per heavy atom. The number of aliphatic carboxylic acids is 1. The lowest BCUT2D eigenvalue weighted by atomic mass is 9.76. The maximum absolute atomic E-state index is 12.9. The van der Waals surface area contributed by atoms with Crippen molar-refractivity contribution < 1.29 is 70.1 Å². The molecule has 2 fully saturated rings. The lowest BCUT2D eigenvalue weighted by molar-refractivity contribution is -0.206. The lowest BCUT2D eigenvalue weighted by Gasteiger charge is -2.43. The number of carbonyl (C=O) groups excluding carboxylic acids is 1. The highest BCUT2D eigenvalue weighted by Crippen LogP contribution is 2.35. The van der Waals surface area contributed by atoms with Gasteiger partial charge >= 0.3 is 5.97 Å². The maximum atomic E-state index is 12.9. The highest BCUT2D eigenvalue weighted by atomic mass is 16.5. The van der Waals surface area contributed by atoms with Crippen LogP contribution in [0.15, 0.2) is 85.1 Å². The van der Waals surface area contributed by atoms with Gasteiger partial charge < -0.3 is 66.3 Å². The number of hydrogen-bond donors (Lipinski definition) is 11. The molecule has 1 saturated carbocycles. The van der Waals surface area contributed by atoms with Crippen molar-refractivity contribution in [1.82, 2.24) is 0 Å². The minimum absolute atomic E-state index is 0.0360. The first kappa shape index (κ1) is 56.2. The molecule has 3 aliphatic rings. The van der Waals surface area contributed by atoms with Crippen molar-refractivity contribution in [1.29, 1.82) is 0 Å². The summed E-state index contributed by atoms with van der Waals surface area (Å²) in [6.45, 7) is 10.2. The van der Waals surface area contributed by atoms with E-state index in [1.54, 1.807) is 37.3 Å². The fourth-order valence-corrected chi connectivity index (χ4v) is 8.96. The van der Waals surface area contributed by atoms with E-state index in [9.17, 15) is 60.7 Å². The van der Waals surface area contributed by atoms with Crippen molar-refractivity contribution in [3.05, 3.63) is 85.1 Å². The molecule has 0 aromatic heterocycles. The molecule has 0 amide bonds. The topological polar surface area (TPSA) is 281 Å². The van der Waals surface area contributed by atoms with Crippen molar-refractivity contribution in [2.24, 2.45) is 41.2 Å². The van der Waals surface area contributed by atoms with Crippen LogP contribution in [-0.2, 0) is 19.1 Å². The number of carboxylic acids is 1. The van der Waals surface area contributed by atoms with E-state index in [4.69, 9.17) is 15.2 Å². The van der Waals surface area contributed by atoms with E-state index in [2.05, 4.69) is 26.8 Å². The summed E-state index contributed by atoms with van der Waals surface area (Å²) in [6, 6.07) is -0.888. The van der Waals surface area contributed by atoms with Crippen LogP contribution in [0.4, 0.5) is 0 Å². The number of nitrogens with two attached hydrogens (primary N) is 1. The Balaban J connectivity index is 1.86. The second-order valence-corrected chi connectivity index (χ2v) is 18.8. The SMILES string of the molecule is CC1C(O[C@H]2/C=C/C=C/C=C/C=C/C=C/C=C/C=C/[C@H](C)[C@@H](C)[C@@H](C)[C@H](C)CC(=O)C[C@H](O)C[C@H](O)CC[C@@H](O)[C@H](O)C[C@H](O)[C@@H](O)C3C[C@H](O)[C@@H](C(=O)O)[C@H](C2)O3)CC(O)C(N)C1O. The van der Waals surface area contributed by atoms with Crippen LogP contribution in [0, 0.1) is 35.5 Å². The molecule has 2 aliphatic heterocycles. The van der Waals surface area contributed by atoms with Crippen molar-refractivity contribution in [2.45, 2.75) is 178 Å². The number of aliphatic hydroxyl groups excluding tert-OH is 9. The molecule has 0 spiro atoms. The maximum Gasteiger partial charge on any atom is 0.311 e. The second-order valence-electron chi connectivity index (χ2n) is 18.8. The molecule has 3 rings (SSSR count). The standard InChI is InChI=1S/C50H79NO14/c1-29-18-16-14-12-10-8-6-7-9-11-13-15-17-19-37(64-43-28-41(58)47(51)48(60)33(43)5)25-44-46(50(62)63)40(57)27-45(65-44)49(61)42(59)26-39(56)38(55)21-20-34(52)23-36(54)24-35(53)22-30(2)32(4)31(29)3/h6-19,29-34,36-49,52,54-61H,20-28,51H2,1-5H3,(H,62,63)/b7-6+,10-8+,11-9+,14-12+,15-13+,18-16+,19-17+/t29-,30+,31+,32-,33?,34+,36+,37-,38+,39+,40-,41?,42-,43?,44-,45?,46+,47?,48?,49+/m0/s1. The predicted molar refractivity (Wildman–Crippen MR) is 247 cm³/mol. The Morgan fingerprint density at radius 2 is 1.14 bits per heavy atom. The Kier molecular flexibility index (Phi) is 24.4. The lowest BCUT2D eigenvalue weighted by Crippen LogP contribution is -2.57. The van der Waals surface area contributed by atoms with Gasteiger partial charge in [0.25, 0.3) is 0 Å². The molecule has 2 bridgehead atoms. The highest BCUT2D eigenvalue weighted by Gasteiger charge is 2.47. The van der Waals surface area contributed by atoms with E-state index in [-0.39, 0.29) is 80.8 Å². The summed E-state index contributed by atoms with van der Waals surface area (Å²) in [6.07, 6.45) is 8.40. The number of rotatable bonds is 3. The van der Waals surface area contributed by atoms with Crippen molar-refractivity contribution in [2.75, 3.05) is 0 Å². The number of ketones is 1. The summed E-state index contributed by atoms with van der Waals surface area (Å²) in [7, 11) is 0. The van der Waals surface area contributed by atoms with E-state index < -0.39 is 110 Å². The molecule has 6 unspecified atom stereocenters. The van der Waals surface area contributed by atoms with Crippen molar-refractivity contribution in [3.8, 4) is 0 Å². The summed E-state index contributed by atoms with van der Waals surface area (Å²) < 4.78 is 12.5. The van der Waals surface area contributed by atoms with Crippen LogP contribution in [0.1, 0.15) is 92.4 Å². The third kappa shape index (κ3) is 18.5. The number of Topliss-reactive ketones (excluding diaryl/α,β-unsaturated/α-hetero) is 1. The fraction of sp³-hybridized carbons (Fsp3) is 0.680. The zero-order valence-corrected chi connectivity index (χ0v) is 38.7. The van der Waals surface area contributed by atoms with Gasteiger partial charge in [-0.05, 0) is 42.9 Å². The Labute approximate surface area is 385 Å². The molecular formula is C50H79NO14. The van der Waals surface area contributed by atoms with Gasteiger partial charge in [0.1, 0.15) is 17.8 Å². The molecule has 0 radical (unpaired) electrons. The van der Waals surface area contributed by atoms with Crippen LogP contribution in [0.3, 0.4) is 0 Å². The van der Waals surface area contributed by atoms with E-state index >= 15 is 0 Å². The van der Waals surface area contributed by atoms with Crippen LogP contribution in [0.2, 0.25) is 0 Å². The van der Waals surface area contributed by atoms with E-state index in [0.29, 0.717) is 0 Å². The number of ether oxygens (including phenoxy) is 2. The minimum Gasteiger partial charge on any atom is -0.481 e. The number of hydrogen-bond acceptors (Lipinski definition) is 14. The van der Waals surface area contributed by atoms with E-state index in [0.717, 1.165) is 0 Å². The molecule has 368 valence electrons. The summed E-state index contributed by atoms with van der Waals surface area (Å²) in [5.74, 6) is -2.65. The molecule has 2 heterocycles. The van der Waals surface area contributed by atoms with Crippen molar-refractivity contribution >= 4 is 11.8 Å². The van der Waals surface area contributed by atoms with Crippen LogP contribution >= 0.6 is 0 Å². The first-order valence-corrected chi connectivity index (χ1v) is 23.3. The van der Waals surface area contributed by atoms with Gasteiger partial charge in [-0.2, -0.15) is 0 Å².